The van der Waals surface area contributed by atoms with Crippen LogP contribution in [-0.4, -0.2) is 78.6 Å². The minimum absolute atomic E-state index is 0.144. The maximum atomic E-state index is 13.1. The molecule has 3 N–H and O–H groups in total. The average molecular weight is 546 g/mol. The second-order valence-electron chi connectivity index (χ2n) is 9.78. The Balaban J connectivity index is 1.20. The van der Waals surface area contributed by atoms with Crippen LogP contribution in [0.3, 0.4) is 0 Å². The second kappa shape index (κ2) is 12.1. The first kappa shape index (κ1) is 27.1. The highest BCUT2D eigenvalue weighted by molar-refractivity contribution is 6.05. The van der Waals surface area contributed by atoms with Crippen LogP contribution >= 0.6 is 0 Å². The van der Waals surface area contributed by atoms with Crippen LogP contribution in [0, 0.1) is 6.92 Å². The number of carbonyl (C=O) groups is 4. The first-order valence-electron chi connectivity index (χ1n) is 13.2. The first-order chi connectivity index (χ1) is 19.4. The van der Waals surface area contributed by atoms with E-state index < -0.39 is 29.9 Å². The van der Waals surface area contributed by atoms with Crippen molar-refractivity contribution in [1.82, 2.24) is 25.8 Å². The third kappa shape index (κ3) is 6.37. The van der Waals surface area contributed by atoms with Gasteiger partial charge in [0.1, 0.15) is 11.8 Å². The molecule has 2 aromatic carbocycles. The SMILES string of the molecule is Cc1cc(CCOc2ccc(C(=O)NC(CC(=O)N3CCOCC3)C3NC(=O)NC3=O)cc2)c2ccccc2n1. The minimum atomic E-state index is -1.06. The topological polar surface area (TPSA) is 139 Å². The van der Waals surface area contributed by atoms with Gasteiger partial charge >= 0.3 is 6.03 Å². The molecule has 3 heterocycles. The predicted molar refractivity (Wildman–Crippen MR) is 146 cm³/mol. The van der Waals surface area contributed by atoms with Crippen LogP contribution in [-0.2, 0) is 20.7 Å². The van der Waals surface area contributed by atoms with Crippen LogP contribution in [0.15, 0.2) is 54.6 Å². The van der Waals surface area contributed by atoms with Crippen molar-refractivity contribution in [1.29, 1.82) is 0 Å². The molecule has 5 rings (SSSR count). The number of imide groups is 1. The summed E-state index contributed by atoms with van der Waals surface area (Å²) >= 11 is 0. The van der Waals surface area contributed by atoms with Crippen molar-refractivity contribution in [2.24, 2.45) is 0 Å². The zero-order chi connectivity index (χ0) is 28.1. The number of carbonyl (C=O) groups excluding carboxylic acids is 4. The fourth-order valence-corrected chi connectivity index (χ4v) is 4.93. The summed E-state index contributed by atoms with van der Waals surface area (Å²) in [4.78, 5) is 56.2. The van der Waals surface area contributed by atoms with E-state index in [-0.39, 0.29) is 12.3 Å². The van der Waals surface area contributed by atoms with Crippen LogP contribution in [0.2, 0.25) is 0 Å². The zero-order valence-electron chi connectivity index (χ0n) is 22.1. The van der Waals surface area contributed by atoms with Crippen molar-refractivity contribution < 1.29 is 28.7 Å². The Labute approximate surface area is 231 Å². The third-order valence-electron chi connectivity index (χ3n) is 6.97. The molecule has 2 fully saturated rings. The van der Waals surface area contributed by atoms with Crippen molar-refractivity contribution in [2.75, 3.05) is 32.9 Å². The highest BCUT2D eigenvalue weighted by Crippen LogP contribution is 2.20. The number of fused-ring (bicyclic) bond motifs is 1. The number of ether oxygens (including phenoxy) is 2. The smallest absolute Gasteiger partial charge is 0.322 e. The molecule has 0 radical (unpaired) electrons. The quantitative estimate of drug-likeness (QED) is 0.348. The molecule has 1 aromatic heterocycles. The summed E-state index contributed by atoms with van der Waals surface area (Å²) in [5, 5.41) is 8.51. The van der Waals surface area contributed by atoms with Gasteiger partial charge in [-0.1, -0.05) is 18.2 Å². The summed E-state index contributed by atoms with van der Waals surface area (Å²) in [6.45, 7) is 4.13. The van der Waals surface area contributed by atoms with Crippen LogP contribution in [0.25, 0.3) is 10.9 Å². The molecule has 2 unspecified atom stereocenters. The summed E-state index contributed by atoms with van der Waals surface area (Å²) < 4.78 is 11.2. The fraction of sp³-hybridized carbons (Fsp3) is 0.345. The van der Waals surface area contributed by atoms with Gasteiger partial charge in [-0.3, -0.25) is 24.7 Å². The van der Waals surface area contributed by atoms with E-state index in [2.05, 4.69) is 27.0 Å². The van der Waals surface area contributed by atoms with E-state index in [1.165, 1.54) is 0 Å². The number of urea groups is 1. The summed E-state index contributed by atoms with van der Waals surface area (Å²) in [5.74, 6) is -0.693. The van der Waals surface area contributed by atoms with Crippen LogP contribution in [0.5, 0.6) is 5.75 Å². The monoisotopic (exact) mass is 545 g/mol. The van der Waals surface area contributed by atoms with Gasteiger partial charge in [0.2, 0.25) is 5.91 Å². The molecule has 11 heteroatoms. The number of aryl methyl sites for hydroxylation is 1. The molecule has 5 amide bonds. The van der Waals surface area contributed by atoms with E-state index in [0.29, 0.717) is 50.6 Å². The van der Waals surface area contributed by atoms with E-state index in [1.54, 1.807) is 29.2 Å². The number of aromatic nitrogens is 1. The van der Waals surface area contributed by atoms with Crippen LogP contribution in [0.4, 0.5) is 4.79 Å². The van der Waals surface area contributed by atoms with Gasteiger partial charge in [-0.15, -0.1) is 0 Å². The number of hydrogen-bond acceptors (Lipinski definition) is 7. The maximum Gasteiger partial charge on any atom is 0.322 e. The molecular formula is C29H31N5O6. The van der Waals surface area contributed by atoms with Gasteiger partial charge in [0.05, 0.1) is 31.4 Å². The van der Waals surface area contributed by atoms with E-state index in [1.807, 2.05) is 31.2 Å². The van der Waals surface area contributed by atoms with E-state index in [9.17, 15) is 19.2 Å². The number of nitrogens with zero attached hydrogens (tertiary/aromatic N) is 2. The number of nitrogens with one attached hydrogen (secondary N) is 3. The first-order valence-corrected chi connectivity index (χ1v) is 13.2. The van der Waals surface area contributed by atoms with Gasteiger partial charge in [-0.25, -0.2) is 4.79 Å². The Bertz CT molecular complexity index is 1420. The maximum absolute atomic E-state index is 13.1. The van der Waals surface area contributed by atoms with Crippen molar-refractivity contribution in [2.45, 2.75) is 31.8 Å². The molecule has 3 aromatic rings. The van der Waals surface area contributed by atoms with Gasteiger partial charge in [-0.05, 0) is 48.9 Å². The second-order valence-corrected chi connectivity index (χ2v) is 9.78. The lowest BCUT2D eigenvalue weighted by Crippen LogP contribution is -2.54. The number of para-hydroxylation sites is 1. The van der Waals surface area contributed by atoms with Crippen molar-refractivity contribution in [3.8, 4) is 5.75 Å². The lowest BCUT2D eigenvalue weighted by Gasteiger charge is -2.30. The van der Waals surface area contributed by atoms with E-state index >= 15 is 0 Å². The summed E-state index contributed by atoms with van der Waals surface area (Å²) in [6, 6.07) is 14.0. The number of morpholine rings is 1. The summed E-state index contributed by atoms with van der Waals surface area (Å²) in [5.41, 5.74) is 3.38. The fourth-order valence-electron chi connectivity index (χ4n) is 4.93. The van der Waals surface area contributed by atoms with Gasteiger partial charge in [0.15, 0.2) is 0 Å². The molecule has 2 aliphatic heterocycles. The standard InChI is InChI=1S/C29H31N5O6/c1-18-16-20(22-4-2-3-5-23(22)30-18)10-13-40-21-8-6-19(7-9-21)27(36)31-24(26-28(37)33-29(38)32-26)17-25(35)34-11-14-39-15-12-34/h2-9,16,24,26H,10-15,17H2,1H3,(H,31,36)(H2,32,33,37,38). The van der Waals surface area contributed by atoms with Crippen molar-refractivity contribution >= 4 is 34.7 Å². The zero-order valence-corrected chi connectivity index (χ0v) is 22.1. The molecular weight excluding hydrogens is 514 g/mol. The molecule has 0 spiro atoms. The number of rotatable bonds is 9. The van der Waals surface area contributed by atoms with E-state index in [0.717, 1.165) is 22.2 Å². The summed E-state index contributed by atoms with van der Waals surface area (Å²) in [7, 11) is 0. The Morgan fingerprint density at radius 2 is 1.88 bits per heavy atom. The normalized spacial score (nSPS) is 17.7. The van der Waals surface area contributed by atoms with Gasteiger partial charge < -0.3 is 25.0 Å². The molecule has 0 bridgehead atoms. The Morgan fingerprint density at radius 3 is 2.60 bits per heavy atom. The molecule has 0 aliphatic carbocycles. The number of hydrogen-bond donors (Lipinski definition) is 3. The van der Waals surface area contributed by atoms with Crippen molar-refractivity contribution in [3.05, 3.63) is 71.4 Å². The van der Waals surface area contributed by atoms with Gasteiger partial charge in [0.25, 0.3) is 11.8 Å². The third-order valence-corrected chi connectivity index (χ3v) is 6.97. The molecule has 11 nitrogen and oxygen atoms in total. The van der Waals surface area contributed by atoms with Gasteiger partial charge in [-0.2, -0.15) is 0 Å². The largest absolute Gasteiger partial charge is 0.493 e. The molecule has 208 valence electrons. The number of pyridine rings is 1. The number of benzene rings is 2. The Kier molecular flexibility index (Phi) is 8.20. The van der Waals surface area contributed by atoms with Gasteiger partial charge in [0, 0.05) is 42.6 Å². The Hall–Kier alpha value is -4.51. The average Bonchev–Trinajstić information content (AvgIpc) is 3.30. The number of amides is 5. The molecule has 40 heavy (non-hydrogen) atoms. The van der Waals surface area contributed by atoms with E-state index in [4.69, 9.17) is 9.47 Å². The van der Waals surface area contributed by atoms with Crippen LogP contribution < -0.4 is 20.7 Å². The molecule has 2 atom stereocenters. The lowest BCUT2D eigenvalue weighted by atomic mass is 10.0. The lowest BCUT2D eigenvalue weighted by molar-refractivity contribution is -0.136. The molecule has 2 saturated heterocycles. The highest BCUT2D eigenvalue weighted by Gasteiger charge is 2.39. The van der Waals surface area contributed by atoms with Crippen molar-refractivity contribution in [3.63, 3.8) is 0 Å². The Morgan fingerprint density at radius 1 is 1.12 bits per heavy atom. The predicted octanol–water partition coefficient (Wildman–Crippen LogP) is 1.72. The summed E-state index contributed by atoms with van der Waals surface area (Å²) in [6.07, 6.45) is 0.550. The highest BCUT2D eigenvalue weighted by atomic mass is 16.5. The molecule has 0 saturated carbocycles. The van der Waals surface area contributed by atoms with Crippen LogP contribution in [0.1, 0.15) is 28.0 Å². The minimum Gasteiger partial charge on any atom is -0.493 e. The molecule has 2 aliphatic rings.